The highest BCUT2D eigenvalue weighted by Crippen LogP contribution is 1.85. The molecule has 6 heteroatoms. The summed E-state index contributed by atoms with van der Waals surface area (Å²) in [5.74, 6) is -0.111. The number of hydrogen-bond acceptors (Lipinski definition) is 5. The third kappa shape index (κ3) is 4.34. The SMILES string of the molecule is CCS(=O)(=O)ONCO. The Morgan fingerprint density at radius 1 is 1.67 bits per heavy atom. The molecule has 0 aromatic heterocycles. The fourth-order valence-corrected chi connectivity index (χ4v) is 0.525. The van der Waals surface area contributed by atoms with Gasteiger partial charge in [0.05, 0.1) is 5.75 Å². The van der Waals surface area contributed by atoms with Crippen molar-refractivity contribution in [1.82, 2.24) is 5.48 Å². The van der Waals surface area contributed by atoms with Gasteiger partial charge in [0.2, 0.25) is 0 Å². The minimum Gasteiger partial charge on any atom is -0.379 e. The first-order chi connectivity index (χ1) is 4.12. The molecule has 0 aromatic rings. The second kappa shape index (κ2) is 3.78. The average molecular weight is 155 g/mol. The topological polar surface area (TPSA) is 75.6 Å². The molecule has 0 unspecified atom stereocenters. The van der Waals surface area contributed by atoms with Gasteiger partial charge < -0.3 is 5.11 Å². The van der Waals surface area contributed by atoms with Crippen molar-refractivity contribution in [3.63, 3.8) is 0 Å². The van der Waals surface area contributed by atoms with E-state index in [1.165, 1.54) is 6.92 Å². The number of aliphatic hydroxyl groups is 1. The Hall–Kier alpha value is -0.170. The van der Waals surface area contributed by atoms with E-state index in [1.807, 2.05) is 5.48 Å². The van der Waals surface area contributed by atoms with E-state index in [-0.39, 0.29) is 5.75 Å². The number of aliphatic hydroxyl groups excluding tert-OH is 1. The zero-order valence-electron chi connectivity index (χ0n) is 4.99. The van der Waals surface area contributed by atoms with Crippen LogP contribution in [-0.4, -0.2) is 26.0 Å². The maximum atomic E-state index is 10.4. The Balaban J connectivity index is 3.61. The quantitative estimate of drug-likeness (QED) is 0.394. The molecule has 0 fully saturated rings. The van der Waals surface area contributed by atoms with Gasteiger partial charge in [-0.05, 0) is 6.92 Å². The molecule has 0 atom stereocenters. The fraction of sp³-hybridized carbons (Fsp3) is 1.00. The third-order valence-corrected chi connectivity index (χ3v) is 1.68. The fourth-order valence-electron chi connectivity index (χ4n) is 0.175. The van der Waals surface area contributed by atoms with E-state index < -0.39 is 16.8 Å². The van der Waals surface area contributed by atoms with Crippen LogP contribution in [0.4, 0.5) is 0 Å². The molecule has 0 aliphatic heterocycles. The lowest BCUT2D eigenvalue weighted by Gasteiger charge is -1.99. The predicted molar refractivity (Wildman–Crippen MR) is 30.8 cm³/mol. The Morgan fingerprint density at radius 3 is 2.56 bits per heavy atom. The van der Waals surface area contributed by atoms with Crippen molar-refractivity contribution in [3.05, 3.63) is 0 Å². The smallest absolute Gasteiger partial charge is 0.283 e. The molecule has 5 nitrogen and oxygen atoms in total. The Bertz CT molecular complexity index is 151. The highest BCUT2D eigenvalue weighted by atomic mass is 32.2. The number of nitrogens with one attached hydrogen (secondary N) is 1. The van der Waals surface area contributed by atoms with E-state index in [0.717, 1.165) is 0 Å². The van der Waals surface area contributed by atoms with Crippen LogP contribution in [0.5, 0.6) is 0 Å². The standard InChI is InChI=1S/C3H9NO4S/c1-2-9(6,7)8-4-3-5/h4-5H,2-3H2,1H3. The van der Waals surface area contributed by atoms with E-state index in [1.54, 1.807) is 0 Å². The summed E-state index contributed by atoms with van der Waals surface area (Å²) in [6.07, 6.45) is 0. The van der Waals surface area contributed by atoms with Gasteiger partial charge in [0.25, 0.3) is 10.1 Å². The summed E-state index contributed by atoms with van der Waals surface area (Å²) >= 11 is 0. The van der Waals surface area contributed by atoms with Crippen LogP contribution < -0.4 is 5.48 Å². The third-order valence-electron chi connectivity index (χ3n) is 0.604. The number of hydroxylamine groups is 1. The molecule has 2 N–H and O–H groups in total. The van der Waals surface area contributed by atoms with Crippen molar-refractivity contribution in [3.8, 4) is 0 Å². The first kappa shape index (κ1) is 8.83. The van der Waals surface area contributed by atoms with E-state index in [4.69, 9.17) is 5.11 Å². The van der Waals surface area contributed by atoms with Gasteiger partial charge in [-0.25, -0.2) is 0 Å². The molecule has 0 saturated carbocycles. The van der Waals surface area contributed by atoms with Crippen LogP contribution in [0.3, 0.4) is 0 Å². The lowest BCUT2D eigenvalue weighted by molar-refractivity contribution is 0.108. The molecule has 9 heavy (non-hydrogen) atoms. The predicted octanol–water partition coefficient (Wildman–Crippen LogP) is -1.19. The Kier molecular flexibility index (Phi) is 3.71. The van der Waals surface area contributed by atoms with Crippen LogP contribution in [-0.2, 0) is 14.4 Å². The van der Waals surface area contributed by atoms with Crippen LogP contribution in [0, 0.1) is 0 Å². The lowest BCUT2D eigenvalue weighted by Crippen LogP contribution is -2.21. The van der Waals surface area contributed by atoms with Crippen molar-refractivity contribution in [2.45, 2.75) is 6.92 Å². The van der Waals surface area contributed by atoms with Gasteiger partial charge in [-0.1, -0.05) is 0 Å². The minimum absolute atomic E-state index is 0.111. The summed E-state index contributed by atoms with van der Waals surface area (Å²) in [5.41, 5.74) is 1.81. The summed E-state index contributed by atoms with van der Waals surface area (Å²) in [5, 5.41) is 8.02. The maximum Gasteiger partial charge on any atom is 0.283 e. The highest BCUT2D eigenvalue weighted by molar-refractivity contribution is 7.86. The van der Waals surface area contributed by atoms with Crippen molar-refractivity contribution in [2.75, 3.05) is 12.5 Å². The molecule has 0 spiro atoms. The molecule has 0 bridgehead atoms. The van der Waals surface area contributed by atoms with Gasteiger partial charge in [-0.3, -0.25) is 0 Å². The lowest BCUT2D eigenvalue weighted by atomic mass is 11.0. The van der Waals surface area contributed by atoms with Crippen molar-refractivity contribution in [1.29, 1.82) is 0 Å². The molecule has 0 aliphatic rings. The van der Waals surface area contributed by atoms with Gasteiger partial charge in [0.15, 0.2) is 0 Å². The molecular weight excluding hydrogens is 146 g/mol. The van der Waals surface area contributed by atoms with Gasteiger partial charge in [0, 0.05) is 0 Å². The molecule has 0 amide bonds. The zero-order valence-corrected chi connectivity index (χ0v) is 5.81. The summed E-state index contributed by atoms with van der Waals surface area (Å²) in [6, 6.07) is 0. The largest absolute Gasteiger partial charge is 0.379 e. The second-order valence-electron chi connectivity index (χ2n) is 1.23. The maximum absolute atomic E-state index is 10.4. The van der Waals surface area contributed by atoms with Crippen LogP contribution in [0.2, 0.25) is 0 Å². The van der Waals surface area contributed by atoms with E-state index in [9.17, 15) is 8.42 Å². The molecule has 0 aromatic carbocycles. The van der Waals surface area contributed by atoms with Gasteiger partial charge in [0.1, 0.15) is 6.73 Å². The van der Waals surface area contributed by atoms with Crippen molar-refractivity contribution >= 4 is 10.1 Å². The first-order valence-corrected chi connectivity index (χ1v) is 3.95. The van der Waals surface area contributed by atoms with E-state index in [2.05, 4.69) is 4.28 Å². The molecule has 0 aliphatic carbocycles. The Morgan fingerprint density at radius 2 is 2.22 bits per heavy atom. The first-order valence-electron chi connectivity index (χ1n) is 2.37. The minimum atomic E-state index is -3.45. The molecular formula is C3H9NO4S. The second-order valence-corrected chi connectivity index (χ2v) is 3.09. The van der Waals surface area contributed by atoms with E-state index in [0.29, 0.717) is 0 Å². The number of rotatable bonds is 4. The normalized spacial score (nSPS) is 11.8. The summed E-state index contributed by atoms with van der Waals surface area (Å²) in [7, 11) is -3.45. The molecule has 56 valence electrons. The average Bonchev–Trinajstić information content (AvgIpc) is 1.84. The van der Waals surface area contributed by atoms with Crippen molar-refractivity contribution in [2.24, 2.45) is 0 Å². The van der Waals surface area contributed by atoms with Gasteiger partial charge in [-0.2, -0.15) is 18.2 Å². The van der Waals surface area contributed by atoms with Crippen LogP contribution >= 0.6 is 0 Å². The van der Waals surface area contributed by atoms with E-state index >= 15 is 0 Å². The Labute approximate surface area is 53.7 Å². The summed E-state index contributed by atoms with van der Waals surface area (Å²) < 4.78 is 24.7. The molecule has 0 rings (SSSR count). The van der Waals surface area contributed by atoms with Crippen molar-refractivity contribution < 1.29 is 17.8 Å². The highest BCUT2D eigenvalue weighted by Gasteiger charge is 2.04. The molecule has 0 radical (unpaired) electrons. The van der Waals surface area contributed by atoms with Crippen LogP contribution in [0.15, 0.2) is 0 Å². The van der Waals surface area contributed by atoms with Gasteiger partial charge in [-0.15, -0.1) is 0 Å². The molecule has 0 heterocycles. The summed E-state index contributed by atoms with van der Waals surface area (Å²) in [4.78, 5) is 0. The van der Waals surface area contributed by atoms with Crippen LogP contribution in [0.1, 0.15) is 6.92 Å². The monoisotopic (exact) mass is 155 g/mol. The number of hydrogen-bond donors (Lipinski definition) is 2. The van der Waals surface area contributed by atoms with Crippen LogP contribution in [0.25, 0.3) is 0 Å². The summed E-state index contributed by atoms with van der Waals surface area (Å²) in [6.45, 7) is 0.924. The zero-order chi connectivity index (χ0) is 7.33. The van der Waals surface area contributed by atoms with Gasteiger partial charge >= 0.3 is 0 Å². The molecule has 0 saturated heterocycles.